The number of hydrogen-bond acceptors (Lipinski definition) is 4. The smallest absolute Gasteiger partial charge is 0.155 e. The molecule has 0 aromatic carbocycles. The summed E-state index contributed by atoms with van der Waals surface area (Å²) >= 11 is 0. The summed E-state index contributed by atoms with van der Waals surface area (Å²) in [6.07, 6.45) is 5.24. The van der Waals surface area contributed by atoms with E-state index in [1.165, 1.54) is 51.9 Å². The summed E-state index contributed by atoms with van der Waals surface area (Å²) in [6.45, 7) is 8.08. The largest absolute Gasteiger partial charge is 0.316 e. The summed E-state index contributed by atoms with van der Waals surface area (Å²) in [6, 6.07) is 0. The maximum absolute atomic E-state index is 4.50. The highest BCUT2D eigenvalue weighted by Crippen LogP contribution is 2.24. The second-order valence-corrected chi connectivity index (χ2v) is 6.09. The molecule has 1 aromatic heterocycles. The van der Waals surface area contributed by atoms with E-state index in [4.69, 9.17) is 0 Å². The van der Waals surface area contributed by atoms with Crippen LogP contribution in [0.25, 0.3) is 0 Å². The van der Waals surface area contributed by atoms with Crippen LogP contribution < -0.4 is 5.32 Å². The molecule has 3 rings (SSSR count). The Kier molecular flexibility index (Phi) is 4.13. The Bertz CT molecular complexity index is 398. The van der Waals surface area contributed by atoms with Gasteiger partial charge in [-0.05, 0) is 64.7 Å². The molecule has 19 heavy (non-hydrogen) atoms. The zero-order chi connectivity index (χ0) is 13.1. The lowest BCUT2D eigenvalue weighted by Gasteiger charge is -2.32. The molecule has 5 heteroatoms. The van der Waals surface area contributed by atoms with E-state index in [1.807, 2.05) is 6.92 Å². The van der Waals surface area contributed by atoms with E-state index in [0.29, 0.717) is 5.92 Å². The van der Waals surface area contributed by atoms with Crippen molar-refractivity contribution in [3.8, 4) is 0 Å². The van der Waals surface area contributed by atoms with Crippen molar-refractivity contribution in [2.45, 2.75) is 38.5 Å². The molecule has 0 aliphatic carbocycles. The number of H-pyrrole nitrogens is 1. The van der Waals surface area contributed by atoms with E-state index < -0.39 is 0 Å². The lowest BCUT2D eigenvalue weighted by atomic mass is 9.95. The molecule has 2 aliphatic rings. The topological polar surface area (TPSA) is 56.8 Å². The Morgan fingerprint density at radius 3 is 2.95 bits per heavy atom. The first-order valence-electron chi connectivity index (χ1n) is 7.63. The highest BCUT2D eigenvalue weighted by atomic mass is 15.2. The van der Waals surface area contributed by atoms with Gasteiger partial charge >= 0.3 is 0 Å². The molecule has 1 unspecified atom stereocenters. The van der Waals surface area contributed by atoms with Crippen LogP contribution in [0.3, 0.4) is 0 Å². The summed E-state index contributed by atoms with van der Waals surface area (Å²) in [5.41, 5.74) is 0. The fraction of sp³-hybridized carbons (Fsp3) is 0.857. The Morgan fingerprint density at radius 2 is 2.26 bits per heavy atom. The Hall–Kier alpha value is -0.940. The maximum Gasteiger partial charge on any atom is 0.155 e. The van der Waals surface area contributed by atoms with E-state index in [0.717, 1.165) is 24.1 Å². The standard InChI is InChI=1S/C14H25N5/c1-11-16-14(18-17-11)13-5-3-7-19(10-13)6-2-4-12-8-15-9-12/h12-13,15H,2-10H2,1H3,(H,16,17,18). The highest BCUT2D eigenvalue weighted by molar-refractivity contribution is 4.99. The minimum atomic E-state index is 0.532. The molecule has 1 atom stereocenters. The molecule has 3 heterocycles. The van der Waals surface area contributed by atoms with Crippen molar-refractivity contribution in [1.29, 1.82) is 0 Å². The number of aryl methyl sites for hydroxylation is 1. The predicted octanol–water partition coefficient (Wildman–Crippen LogP) is 1.29. The van der Waals surface area contributed by atoms with Crippen LogP contribution in [0.1, 0.15) is 43.3 Å². The number of likely N-dealkylation sites (tertiary alicyclic amines) is 1. The molecule has 0 amide bonds. The van der Waals surface area contributed by atoms with Crippen LogP contribution in [0.15, 0.2) is 0 Å². The van der Waals surface area contributed by atoms with E-state index >= 15 is 0 Å². The fourth-order valence-electron chi connectivity index (χ4n) is 3.17. The third kappa shape index (κ3) is 3.34. The van der Waals surface area contributed by atoms with Gasteiger partial charge in [-0.1, -0.05) is 0 Å². The molecule has 0 spiro atoms. The van der Waals surface area contributed by atoms with Crippen molar-refractivity contribution in [3.05, 3.63) is 11.6 Å². The lowest BCUT2D eigenvalue weighted by molar-refractivity contribution is 0.192. The number of aromatic amines is 1. The second kappa shape index (κ2) is 6.01. The van der Waals surface area contributed by atoms with Crippen LogP contribution in [-0.4, -0.2) is 52.8 Å². The highest BCUT2D eigenvalue weighted by Gasteiger charge is 2.24. The number of nitrogens with zero attached hydrogens (tertiary/aromatic N) is 3. The predicted molar refractivity (Wildman–Crippen MR) is 75.1 cm³/mol. The monoisotopic (exact) mass is 263 g/mol. The van der Waals surface area contributed by atoms with Crippen molar-refractivity contribution >= 4 is 0 Å². The van der Waals surface area contributed by atoms with Crippen molar-refractivity contribution in [2.75, 3.05) is 32.7 Å². The van der Waals surface area contributed by atoms with Crippen molar-refractivity contribution in [2.24, 2.45) is 5.92 Å². The van der Waals surface area contributed by atoms with Gasteiger partial charge in [0.05, 0.1) is 0 Å². The molecular weight excluding hydrogens is 238 g/mol. The van der Waals surface area contributed by atoms with Crippen LogP contribution in [-0.2, 0) is 0 Å². The average Bonchev–Trinajstić information content (AvgIpc) is 2.80. The van der Waals surface area contributed by atoms with Gasteiger partial charge in [0.1, 0.15) is 5.82 Å². The third-order valence-corrected chi connectivity index (χ3v) is 4.44. The first kappa shape index (κ1) is 13.1. The molecule has 1 aromatic rings. The van der Waals surface area contributed by atoms with Gasteiger partial charge in [-0.25, -0.2) is 4.98 Å². The number of nitrogens with one attached hydrogen (secondary N) is 2. The van der Waals surface area contributed by atoms with Gasteiger partial charge in [0, 0.05) is 12.5 Å². The molecule has 0 radical (unpaired) electrons. The molecule has 2 aliphatic heterocycles. The Balaban J connectivity index is 1.44. The lowest BCUT2D eigenvalue weighted by Crippen LogP contribution is -2.42. The molecule has 5 nitrogen and oxygen atoms in total. The van der Waals surface area contributed by atoms with Crippen molar-refractivity contribution < 1.29 is 0 Å². The van der Waals surface area contributed by atoms with E-state index in [1.54, 1.807) is 0 Å². The Labute approximate surface area is 115 Å². The SMILES string of the molecule is Cc1nc(C2CCCN(CCCC3CNC3)C2)n[nH]1. The van der Waals surface area contributed by atoms with Crippen molar-refractivity contribution in [3.63, 3.8) is 0 Å². The maximum atomic E-state index is 4.50. The normalized spacial score (nSPS) is 25.4. The average molecular weight is 263 g/mol. The van der Waals surface area contributed by atoms with Gasteiger partial charge in [-0.2, -0.15) is 5.10 Å². The summed E-state index contributed by atoms with van der Waals surface area (Å²) in [5.74, 6) is 3.43. The van der Waals surface area contributed by atoms with Crippen LogP contribution >= 0.6 is 0 Å². The van der Waals surface area contributed by atoms with E-state index in [2.05, 4.69) is 25.4 Å². The summed E-state index contributed by atoms with van der Waals surface area (Å²) < 4.78 is 0. The summed E-state index contributed by atoms with van der Waals surface area (Å²) in [5, 5.41) is 10.6. The number of piperidine rings is 1. The molecule has 0 saturated carbocycles. The molecule has 0 bridgehead atoms. The molecule has 2 N–H and O–H groups in total. The van der Waals surface area contributed by atoms with Crippen LogP contribution in [0.5, 0.6) is 0 Å². The Morgan fingerprint density at radius 1 is 1.37 bits per heavy atom. The molecule has 2 saturated heterocycles. The summed E-state index contributed by atoms with van der Waals surface area (Å²) in [4.78, 5) is 7.10. The van der Waals surface area contributed by atoms with E-state index in [-0.39, 0.29) is 0 Å². The van der Waals surface area contributed by atoms with Crippen LogP contribution in [0.4, 0.5) is 0 Å². The van der Waals surface area contributed by atoms with E-state index in [9.17, 15) is 0 Å². The number of hydrogen-bond donors (Lipinski definition) is 2. The fourth-order valence-corrected chi connectivity index (χ4v) is 3.17. The number of rotatable bonds is 5. The zero-order valence-corrected chi connectivity index (χ0v) is 11.9. The van der Waals surface area contributed by atoms with Crippen molar-refractivity contribution in [1.82, 2.24) is 25.4 Å². The third-order valence-electron chi connectivity index (χ3n) is 4.44. The van der Waals surface area contributed by atoms with Gasteiger partial charge in [-0.3, -0.25) is 5.10 Å². The molecule has 106 valence electrons. The minimum absolute atomic E-state index is 0.532. The van der Waals surface area contributed by atoms with Gasteiger partial charge in [0.2, 0.25) is 0 Å². The molecule has 2 fully saturated rings. The quantitative estimate of drug-likeness (QED) is 0.840. The minimum Gasteiger partial charge on any atom is -0.316 e. The van der Waals surface area contributed by atoms with Crippen LogP contribution in [0.2, 0.25) is 0 Å². The van der Waals surface area contributed by atoms with Gasteiger partial charge < -0.3 is 10.2 Å². The van der Waals surface area contributed by atoms with Gasteiger partial charge in [0.15, 0.2) is 5.82 Å². The van der Waals surface area contributed by atoms with Gasteiger partial charge in [0.25, 0.3) is 0 Å². The summed E-state index contributed by atoms with van der Waals surface area (Å²) in [7, 11) is 0. The number of aromatic nitrogens is 3. The van der Waals surface area contributed by atoms with Gasteiger partial charge in [-0.15, -0.1) is 0 Å². The second-order valence-electron chi connectivity index (χ2n) is 6.09. The van der Waals surface area contributed by atoms with Crippen LogP contribution in [0, 0.1) is 12.8 Å². The molecular formula is C14H25N5. The first-order chi connectivity index (χ1) is 9.31. The first-order valence-corrected chi connectivity index (χ1v) is 7.63. The zero-order valence-electron chi connectivity index (χ0n) is 11.9.